The minimum absolute atomic E-state index is 0.151. The van der Waals surface area contributed by atoms with E-state index in [-0.39, 0.29) is 17.0 Å². The van der Waals surface area contributed by atoms with Gasteiger partial charge in [-0.1, -0.05) is 67.9 Å². The van der Waals surface area contributed by atoms with Crippen LogP contribution in [0.15, 0.2) is 24.3 Å². The van der Waals surface area contributed by atoms with Crippen LogP contribution in [0.3, 0.4) is 0 Å². The third kappa shape index (κ3) is 10.7. The molecule has 1 atom stereocenters. The van der Waals surface area contributed by atoms with Crippen LogP contribution >= 0.6 is 47.0 Å². The zero-order valence-electron chi connectivity index (χ0n) is 17.1. The summed E-state index contributed by atoms with van der Waals surface area (Å²) in [5, 5.41) is 8.53. The number of unbranched alkanes of at least 4 members (excludes halogenated alkanes) is 3. The molecule has 0 fully saturated rings. The van der Waals surface area contributed by atoms with E-state index in [4.69, 9.17) is 51.8 Å². The van der Waals surface area contributed by atoms with Gasteiger partial charge < -0.3 is 20.7 Å². The Bertz CT molecular complexity index is 697. The van der Waals surface area contributed by atoms with E-state index in [1.54, 1.807) is 24.3 Å². The van der Waals surface area contributed by atoms with Gasteiger partial charge in [-0.2, -0.15) is 0 Å². The molecular weight excluding hydrogens is 469 g/mol. The molecule has 0 aliphatic heterocycles. The van der Waals surface area contributed by atoms with Crippen molar-refractivity contribution in [3.8, 4) is 0 Å². The molecule has 1 aromatic rings. The highest BCUT2D eigenvalue weighted by molar-refractivity contribution is 7.80. The Labute approximate surface area is 198 Å². The summed E-state index contributed by atoms with van der Waals surface area (Å²) in [4.78, 5) is 24.0. The van der Waals surface area contributed by atoms with E-state index in [9.17, 15) is 9.59 Å². The van der Waals surface area contributed by atoms with Crippen molar-refractivity contribution < 1.29 is 14.3 Å². The van der Waals surface area contributed by atoms with E-state index in [1.165, 1.54) is 0 Å². The van der Waals surface area contributed by atoms with Crippen molar-refractivity contribution in [3.05, 3.63) is 29.8 Å². The number of carbonyl (C=O) groups excluding carboxylic acids is 2. The zero-order valence-corrected chi connectivity index (χ0v) is 20.2. The van der Waals surface area contributed by atoms with E-state index < -0.39 is 9.96 Å². The van der Waals surface area contributed by atoms with Crippen molar-refractivity contribution in [3.63, 3.8) is 0 Å². The maximum atomic E-state index is 12.1. The molecule has 1 rings (SSSR count). The van der Waals surface area contributed by atoms with Crippen molar-refractivity contribution in [2.24, 2.45) is 0 Å². The van der Waals surface area contributed by atoms with Crippen molar-refractivity contribution >= 4 is 69.7 Å². The Morgan fingerprint density at radius 2 is 1.67 bits per heavy atom. The number of ether oxygens (including phenoxy) is 1. The monoisotopic (exact) mass is 495 g/mol. The lowest BCUT2D eigenvalue weighted by Gasteiger charge is -2.27. The molecular formula is C20H28Cl3N3O3S. The van der Waals surface area contributed by atoms with Crippen LogP contribution in [0.1, 0.15) is 62.7 Å². The highest BCUT2D eigenvalue weighted by atomic mass is 35.6. The Hall–Kier alpha value is -1.28. The molecule has 0 saturated carbocycles. The first-order valence-electron chi connectivity index (χ1n) is 9.88. The number of rotatable bonds is 11. The average molecular weight is 497 g/mol. The maximum absolute atomic E-state index is 12.1. The molecule has 0 aliphatic carbocycles. The smallest absolute Gasteiger partial charge is 0.338 e. The quantitative estimate of drug-likeness (QED) is 0.126. The number of nitrogens with one attached hydrogen (secondary N) is 3. The fraction of sp³-hybridized carbons (Fsp3) is 0.550. The lowest BCUT2D eigenvalue weighted by Crippen LogP contribution is -2.56. The van der Waals surface area contributed by atoms with Crippen molar-refractivity contribution in [1.29, 1.82) is 0 Å². The van der Waals surface area contributed by atoms with Crippen LogP contribution in [-0.2, 0) is 9.53 Å². The van der Waals surface area contributed by atoms with Gasteiger partial charge in [0.05, 0.1) is 12.2 Å². The van der Waals surface area contributed by atoms with Gasteiger partial charge in [0, 0.05) is 12.1 Å². The molecule has 0 bridgehead atoms. The molecule has 10 heteroatoms. The summed E-state index contributed by atoms with van der Waals surface area (Å²) in [6.45, 7) is 4.47. The Balaban J connectivity index is 2.62. The van der Waals surface area contributed by atoms with Gasteiger partial charge in [-0.05, 0) is 49.3 Å². The molecule has 6 nitrogen and oxygen atoms in total. The standard InChI is InChI=1S/C20H28Cl3N3O3S/c1-3-5-7-8-16(27)25-18(20(21,22)23)26-19(30)24-15-11-9-14(10-12-15)17(28)29-13-6-4-2/h9-12,18H,3-8,13H2,1-2H3,(H,25,27)(H2,24,26,30). The number of benzene rings is 1. The number of anilines is 1. The lowest BCUT2D eigenvalue weighted by atomic mass is 10.2. The van der Waals surface area contributed by atoms with Gasteiger partial charge >= 0.3 is 5.97 Å². The van der Waals surface area contributed by atoms with E-state index >= 15 is 0 Å². The molecule has 0 spiro atoms. The number of hydrogen-bond donors (Lipinski definition) is 3. The molecule has 1 amide bonds. The highest BCUT2D eigenvalue weighted by Crippen LogP contribution is 2.29. The second kappa shape index (κ2) is 13.9. The molecule has 0 saturated heterocycles. The van der Waals surface area contributed by atoms with Gasteiger partial charge in [-0.25, -0.2) is 4.79 Å². The van der Waals surface area contributed by atoms with Crippen molar-refractivity contribution in [2.75, 3.05) is 11.9 Å². The number of thiocarbonyl (C=S) groups is 1. The van der Waals surface area contributed by atoms with E-state index in [0.717, 1.165) is 32.1 Å². The van der Waals surface area contributed by atoms with Gasteiger partial charge in [-0.15, -0.1) is 0 Å². The van der Waals surface area contributed by atoms with E-state index in [2.05, 4.69) is 22.9 Å². The summed E-state index contributed by atoms with van der Waals surface area (Å²) >= 11 is 23.2. The zero-order chi connectivity index (χ0) is 22.6. The summed E-state index contributed by atoms with van der Waals surface area (Å²) in [6, 6.07) is 6.61. The topological polar surface area (TPSA) is 79.5 Å². The number of alkyl halides is 3. The predicted molar refractivity (Wildman–Crippen MR) is 127 cm³/mol. The molecule has 1 unspecified atom stereocenters. The molecule has 0 radical (unpaired) electrons. The maximum Gasteiger partial charge on any atom is 0.338 e. The van der Waals surface area contributed by atoms with Crippen molar-refractivity contribution in [1.82, 2.24) is 10.6 Å². The van der Waals surface area contributed by atoms with Crippen LogP contribution in [0.25, 0.3) is 0 Å². The SMILES string of the molecule is CCCCCC(=O)NC(NC(=S)Nc1ccc(C(=O)OCCCC)cc1)C(Cl)(Cl)Cl. The summed E-state index contributed by atoms with van der Waals surface area (Å²) in [7, 11) is 0. The number of carbonyl (C=O) groups is 2. The number of esters is 1. The van der Waals surface area contributed by atoms with Gasteiger partial charge in [0.1, 0.15) is 6.17 Å². The Morgan fingerprint density at radius 3 is 2.23 bits per heavy atom. The number of halogens is 3. The summed E-state index contributed by atoms with van der Waals surface area (Å²) in [6.07, 6.45) is 3.81. The first kappa shape index (κ1) is 26.8. The second-order valence-corrected chi connectivity index (χ2v) is 9.44. The van der Waals surface area contributed by atoms with E-state index in [1.807, 2.05) is 6.92 Å². The van der Waals surface area contributed by atoms with Gasteiger partial charge in [-0.3, -0.25) is 4.79 Å². The fourth-order valence-corrected chi connectivity index (χ4v) is 2.91. The summed E-state index contributed by atoms with van der Waals surface area (Å²) in [5.74, 6) is -0.612. The molecule has 1 aromatic carbocycles. The molecule has 3 N–H and O–H groups in total. The predicted octanol–water partition coefficient (Wildman–Crippen LogP) is 5.32. The Morgan fingerprint density at radius 1 is 1.03 bits per heavy atom. The van der Waals surface area contributed by atoms with Gasteiger partial charge in [0.2, 0.25) is 9.70 Å². The van der Waals surface area contributed by atoms with Crippen LogP contribution in [0.4, 0.5) is 5.69 Å². The molecule has 0 heterocycles. The highest BCUT2D eigenvalue weighted by Gasteiger charge is 2.34. The minimum atomic E-state index is -1.81. The lowest BCUT2D eigenvalue weighted by molar-refractivity contribution is -0.122. The second-order valence-electron chi connectivity index (χ2n) is 6.66. The van der Waals surface area contributed by atoms with E-state index in [0.29, 0.717) is 24.3 Å². The van der Waals surface area contributed by atoms with Gasteiger partial charge in [0.25, 0.3) is 0 Å². The minimum Gasteiger partial charge on any atom is -0.462 e. The molecule has 168 valence electrons. The third-order valence-corrected chi connectivity index (χ3v) is 4.90. The van der Waals surface area contributed by atoms with Gasteiger partial charge in [0.15, 0.2) is 5.11 Å². The largest absolute Gasteiger partial charge is 0.462 e. The molecule has 0 aliphatic rings. The molecule has 0 aromatic heterocycles. The average Bonchev–Trinajstić information content (AvgIpc) is 2.67. The summed E-state index contributed by atoms with van der Waals surface area (Å²) < 4.78 is 3.36. The van der Waals surface area contributed by atoms with Crippen LogP contribution in [0.2, 0.25) is 0 Å². The van der Waals surface area contributed by atoms with Crippen LogP contribution in [0, 0.1) is 0 Å². The summed E-state index contributed by atoms with van der Waals surface area (Å²) in [5.41, 5.74) is 1.06. The third-order valence-electron chi connectivity index (χ3n) is 4.02. The van der Waals surface area contributed by atoms with Crippen molar-refractivity contribution in [2.45, 2.75) is 62.3 Å². The normalized spacial score (nSPS) is 12.0. The molecule has 30 heavy (non-hydrogen) atoms. The van der Waals surface area contributed by atoms with Crippen LogP contribution < -0.4 is 16.0 Å². The van der Waals surface area contributed by atoms with Crippen LogP contribution in [0.5, 0.6) is 0 Å². The Kier molecular flexibility index (Phi) is 12.4. The fourth-order valence-electron chi connectivity index (χ4n) is 2.35. The first-order chi connectivity index (χ1) is 14.2. The van der Waals surface area contributed by atoms with Crippen LogP contribution in [-0.4, -0.2) is 33.6 Å². The number of amides is 1. The first-order valence-corrected chi connectivity index (χ1v) is 11.4. The number of hydrogen-bond acceptors (Lipinski definition) is 4.